The molecule has 5 heteroatoms. The fraction of sp³-hybridized carbons (Fsp3) is 0.941. The Morgan fingerprint density at radius 1 is 1.09 bits per heavy atom. The monoisotopic (exact) mass is 317 g/mol. The van der Waals surface area contributed by atoms with Crippen LogP contribution in [-0.2, 0) is 4.74 Å². The first-order valence-electron chi connectivity index (χ1n) is 8.58. The first-order valence-corrected chi connectivity index (χ1v) is 8.58. The summed E-state index contributed by atoms with van der Waals surface area (Å²) in [6, 6.07) is -0.671. The number of aliphatic hydroxyl groups excluding tert-OH is 2. The number of unbranched alkanes of at least 4 members (excludes halogenated alkanes) is 6. The average Bonchev–Trinajstić information content (AvgIpc) is 2.41. The van der Waals surface area contributed by atoms with E-state index in [1.165, 1.54) is 32.1 Å². The molecule has 132 valence electrons. The molecule has 0 saturated heterocycles. The molecule has 0 aliphatic heterocycles. The van der Waals surface area contributed by atoms with Crippen molar-refractivity contribution in [3.8, 4) is 0 Å². The van der Waals surface area contributed by atoms with Crippen LogP contribution in [0.5, 0.6) is 0 Å². The van der Waals surface area contributed by atoms with E-state index in [0.717, 1.165) is 12.8 Å². The van der Waals surface area contributed by atoms with Crippen molar-refractivity contribution < 1.29 is 19.7 Å². The van der Waals surface area contributed by atoms with Crippen LogP contribution < -0.4 is 5.32 Å². The third-order valence-electron chi connectivity index (χ3n) is 3.47. The summed E-state index contributed by atoms with van der Waals surface area (Å²) in [6.45, 7) is 7.22. The van der Waals surface area contributed by atoms with Crippen LogP contribution >= 0.6 is 0 Å². The van der Waals surface area contributed by atoms with Crippen molar-refractivity contribution in [2.75, 3.05) is 6.61 Å². The standard InChI is InChI=1S/C17H35NO4/c1-5-6-7-8-9-10-11-12-15(20)14(13-19)18-16(21)22-17(2,3)4/h14-15,19-20H,5-13H2,1-4H3,(H,18,21)/t14-,15+/m1/s1. The number of alkyl carbamates (subject to hydrolysis) is 1. The molecule has 0 aromatic rings. The number of amides is 1. The van der Waals surface area contributed by atoms with Gasteiger partial charge in [0.15, 0.2) is 0 Å². The lowest BCUT2D eigenvalue weighted by Crippen LogP contribution is -2.47. The molecule has 0 aliphatic rings. The molecule has 22 heavy (non-hydrogen) atoms. The largest absolute Gasteiger partial charge is 0.444 e. The quantitative estimate of drug-likeness (QED) is 0.510. The van der Waals surface area contributed by atoms with Crippen LogP contribution in [0.4, 0.5) is 4.79 Å². The number of hydrogen-bond donors (Lipinski definition) is 3. The second kappa shape index (κ2) is 11.7. The lowest BCUT2D eigenvalue weighted by molar-refractivity contribution is 0.0333. The lowest BCUT2D eigenvalue weighted by atomic mass is 10.0. The van der Waals surface area contributed by atoms with Crippen molar-refractivity contribution in [1.29, 1.82) is 0 Å². The maximum Gasteiger partial charge on any atom is 0.408 e. The van der Waals surface area contributed by atoms with Crippen LogP contribution in [0.15, 0.2) is 0 Å². The zero-order valence-electron chi connectivity index (χ0n) is 14.7. The summed E-state index contributed by atoms with van der Waals surface area (Å²) < 4.78 is 5.13. The van der Waals surface area contributed by atoms with Crippen LogP contribution in [0.3, 0.4) is 0 Å². The van der Waals surface area contributed by atoms with Gasteiger partial charge in [0.2, 0.25) is 0 Å². The van der Waals surface area contributed by atoms with E-state index < -0.39 is 23.8 Å². The zero-order chi connectivity index (χ0) is 17.0. The smallest absolute Gasteiger partial charge is 0.408 e. The Kier molecular flexibility index (Phi) is 11.3. The number of carbonyl (C=O) groups excluding carboxylic acids is 1. The van der Waals surface area contributed by atoms with Crippen molar-refractivity contribution in [3.63, 3.8) is 0 Å². The minimum Gasteiger partial charge on any atom is -0.444 e. The molecule has 0 bridgehead atoms. The molecular weight excluding hydrogens is 282 g/mol. The molecule has 0 unspecified atom stereocenters. The van der Waals surface area contributed by atoms with Gasteiger partial charge in [-0.3, -0.25) is 0 Å². The van der Waals surface area contributed by atoms with E-state index in [1.54, 1.807) is 20.8 Å². The fourth-order valence-corrected chi connectivity index (χ4v) is 2.23. The van der Waals surface area contributed by atoms with Gasteiger partial charge in [-0.2, -0.15) is 0 Å². The molecule has 0 heterocycles. The molecule has 0 aromatic carbocycles. The molecule has 1 amide bonds. The highest BCUT2D eigenvalue weighted by atomic mass is 16.6. The fourth-order valence-electron chi connectivity index (χ4n) is 2.23. The van der Waals surface area contributed by atoms with E-state index in [-0.39, 0.29) is 6.61 Å². The van der Waals surface area contributed by atoms with Crippen molar-refractivity contribution in [1.82, 2.24) is 5.32 Å². The summed E-state index contributed by atoms with van der Waals surface area (Å²) in [4.78, 5) is 11.7. The molecule has 0 radical (unpaired) electrons. The number of hydrogen-bond acceptors (Lipinski definition) is 4. The Balaban J connectivity index is 3.90. The van der Waals surface area contributed by atoms with Crippen LogP contribution in [0.2, 0.25) is 0 Å². The summed E-state index contributed by atoms with van der Waals surface area (Å²) in [6.07, 6.45) is 7.43. The van der Waals surface area contributed by atoms with Gasteiger partial charge < -0.3 is 20.3 Å². The molecule has 0 aromatic heterocycles. The van der Waals surface area contributed by atoms with Crippen molar-refractivity contribution in [2.24, 2.45) is 0 Å². The molecule has 2 atom stereocenters. The van der Waals surface area contributed by atoms with E-state index in [2.05, 4.69) is 12.2 Å². The normalized spacial score (nSPS) is 14.5. The zero-order valence-corrected chi connectivity index (χ0v) is 14.7. The second-order valence-corrected chi connectivity index (χ2v) is 6.91. The first-order chi connectivity index (χ1) is 10.3. The van der Waals surface area contributed by atoms with E-state index in [4.69, 9.17) is 4.74 Å². The van der Waals surface area contributed by atoms with Gasteiger partial charge in [0, 0.05) is 0 Å². The highest BCUT2D eigenvalue weighted by molar-refractivity contribution is 5.68. The predicted molar refractivity (Wildman–Crippen MR) is 88.9 cm³/mol. The minimum atomic E-state index is -0.742. The molecule has 5 nitrogen and oxygen atoms in total. The van der Waals surface area contributed by atoms with Gasteiger partial charge in [-0.05, 0) is 27.2 Å². The third-order valence-corrected chi connectivity index (χ3v) is 3.47. The number of rotatable bonds is 11. The molecule has 0 spiro atoms. The Hall–Kier alpha value is -0.810. The summed E-state index contributed by atoms with van der Waals surface area (Å²) in [5.74, 6) is 0. The summed E-state index contributed by atoms with van der Waals surface area (Å²) in [7, 11) is 0. The average molecular weight is 317 g/mol. The topological polar surface area (TPSA) is 78.8 Å². The Bertz CT molecular complexity index is 289. The highest BCUT2D eigenvalue weighted by Gasteiger charge is 2.23. The highest BCUT2D eigenvalue weighted by Crippen LogP contribution is 2.12. The molecule has 3 N–H and O–H groups in total. The second-order valence-electron chi connectivity index (χ2n) is 6.91. The van der Waals surface area contributed by atoms with E-state index >= 15 is 0 Å². The lowest BCUT2D eigenvalue weighted by Gasteiger charge is -2.25. The predicted octanol–water partition coefficient (Wildman–Crippen LogP) is 3.37. The van der Waals surface area contributed by atoms with Gasteiger partial charge in [-0.1, -0.05) is 51.9 Å². The number of ether oxygens (including phenoxy) is 1. The van der Waals surface area contributed by atoms with Crippen molar-refractivity contribution in [3.05, 3.63) is 0 Å². The Labute approximate surface area is 135 Å². The van der Waals surface area contributed by atoms with Gasteiger partial charge in [-0.25, -0.2) is 4.79 Å². The minimum absolute atomic E-state index is 0.295. The van der Waals surface area contributed by atoms with Crippen molar-refractivity contribution in [2.45, 2.75) is 96.8 Å². The summed E-state index contributed by atoms with van der Waals surface area (Å²) in [5.41, 5.74) is -0.590. The van der Waals surface area contributed by atoms with Gasteiger partial charge in [0.25, 0.3) is 0 Å². The van der Waals surface area contributed by atoms with Gasteiger partial charge in [0.1, 0.15) is 5.60 Å². The summed E-state index contributed by atoms with van der Waals surface area (Å²) in [5, 5.41) is 21.9. The third kappa shape index (κ3) is 11.8. The van der Waals surface area contributed by atoms with Crippen LogP contribution in [0, 0.1) is 0 Å². The maximum absolute atomic E-state index is 11.7. The molecular formula is C17H35NO4. The van der Waals surface area contributed by atoms with Crippen LogP contribution in [0.25, 0.3) is 0 Å². The molecule has 0 fully saturated rings. The molecule has 0 aliphatic carbocycles. The Morgan fingerprint density at radius 3 is 2.14 bits per heavy atom. The Morgan fingerprint density at radius 2 is 1.64 bits per heavy atom. The number of carbonyl (C=O) groups is 1. The number of aliphatic hydroxyl groups is 2. The maximum atomic E-state index is 11.7. The molecule has 0 rings (SSSR count). The summed E-state index contributed by atoms with van der Waals surface area (Å²) >= 11 is 0. The van der Waals surface area contributed by atoms with Crippen LogP contribution in [-0.4, -0.2) is 40.7 Å². The van der Waals surface area contributed by atoms with Gasteiger partial charge in [0.05, 0.1) is 18.8 Å². The van der Waals surface area contributed by atoms with Crippen molar-refractivity contribution >= 4 is 6.09 Å². The number of nitrogens with one attached hydrogen (secondary N) is 1. The first kappa shape index (κ1) is 21.2. The SMILES string of the molecule is CCCCCCCCC[C@H](O)[C@@H](CO)NC(=O)OC(C)(C)C. The van der Waals surface area contributed by atoms with E-state index in [1.807, 2.05) is 0 Å². The van der Waals surface area contributed by atoms with Gasteiger partial charge >= 0.3 is 6.09 Å². The van der Waals surface area contributed by atoms with E-state index in [9.17, 15) is 15.0 Å². The van der Waals surface area contributed by atoms with E-state index in [0.29, 0.717) is 6.42 Å². The molecule has 0 saturated carbocycles. The van der Waals surface area contributed by atoms with Gasteiger partial charge in [-0.15, -0.1) is 0 Å². The van der Waals surface area contributed by atoms with Crippen LogP contribution in [0.1, 0.15) is 79.1 Å².